The number of anilines is 2. The zero-order chi connectivity index (χ0) is 27.1. The summed E-state index contributed by atoms with van der Waals surface area (Å²) in [5.41, 5.74) is 3.01. The zero-order valence-corrected chi connectivity index (χ0v) is 22.3. The maximum Gasteiger partial charge on any atom is 0.317 e. The molecule has 0 aliphatic carbocycles. The van der Waals surface area contributed by atoms with Crippen LogP contribution in [0.3, 0.4) is 0 Å². The number of aryl methyl sites for hydroxylation is 1. The van der Waals surface area contributed by atoms with Crippen LogP contribution in [0.4, 0.5) is 15.8 Å². The van der Waals surface area contributed by atoms with Crippen molar-refractivity contribution in [2.75, 3.05) is 36.5 Å². The molecule has 2 atom stereocenters. The lowest BCUT2D eigenvalue weighted by molar-refractivity contribution is 0.0218. The van der Waals surface area contributed by atoms with Gasteiger partial charge in [-0.3, -0.25) is 4.79 Å². The van der Waals surface area contributed by atoms with Crippen LogP contribution in [-0.2, 0) is 4.74 Å². The van der Waals surface area contributed by atoms with Crippen LogP contribution in [0.1, 0.15) is 42.7 Å². The molecule has 2 aliphatic heterocycles. The first-order valence-electron chi connectivity index (χ1n) is 13.4. The Morgan fingerprint density at radius 3 is 2.69 bits per heavy atom. The Morgan fingerprint density at radius 1 is 1.15 bits per heavy atom. The number of rotatable bonds is 5. The van der Waals surface area contributed by atoms with E-state index in [1.54, 1.807) is 36.0 Å². The molecule has 3 aromatic heterocycles. The van der Waals surface area contributed by atoms with E-state index in [1.165, 1.54) is 6.07 Å². The van der Waals surface area contributed by atoms with Gasteiger partial charge in [-0.25, -0.2) is 14.4 Å². The Kier molecular flexibility index (Phi) is 6.78. The summed E-state index contributed by atoms with van der Waals surface area (Å²) in [6.45, 7) is 8.99. The minimum atomic E-state index is -0.516. The molecule has 2 fully saturated rings. The van der Waals surface area contributed by atoms with Crippen LogP contribution in [0.2, 0.25) is 0 Å². The molecule has 0 radical (unpaired) electrons. The van der Waals surface area contributed by atoms with Crippen molar-refractivity contribution in [3.8, 4) is 6.01 Å². The fourth-order valence-corrected chi connectivity index (χ4v) is 5.52. The summed E-state index contributed by atoms with van der Waals surface area (Å²) in [6, 6.07) is 5.82. The number of carbonyl (C=O) groups excluding carboxylic acids is 1. The maximum atomic E-state index is 14.7. The lowest BCUT2D eigenvalue weighted by Gasteiger charge is -2.38. The van der Waals surface area contributed by atoms with Crippen molar-refractivity contribution in [1.29, 1.82) is 0 Å². The highest BCUT2D eigenvalue weighted by Crippen LogP contribution is 2.31. The van der Waals surface area contributed by atoms with Gasteiger partial charge in [0, 0.05) is 73.7 Å². The molecule has 0 saturated carbocycles. The second kappa shape index (κ2) is 10.4. The molecule has 10 nitrogen and oxygen atoms in total. The second-order valence-electron chi connectivity index (χ2n) is 10.5. The minimum absolute atomic E-state index is 0.0418. The molecule has 204 valence electrons. The molecule has 11 heteroatoms. The number of benzene rings is 1. The third-order valence-corrected chi connectivity index (χ3v) is 7.17. The Morgan fingerprint density at radius 2 is 1.92 bits per heavy atom. The molecule has 1 aromatic carbocycles. The zero-order valence-electron chi connectivity index (χ0n) is 22.3. The molecule has 0 bridgehead atoms. The first kappa shape index (κ1) is 25.4. The van der Waals surface area contributed by atoms with Crippen molar-refractivity contribution in [3.63, 3.8) is 0 Å². The molecule has 2 unspecified atom stereocenters. The van der Waals surface area contributed by atoms with Gasteiger partial charge in [-0.15, -0.1) is 0 Å². The first-order valence-corrected chi connectivity index (χ1v) is 13.4. The van der Waals surface area contributed by atoms with Gasteiger partial charge in [0.05, 0.1) is 35.7 Å². The monoisotopic (exact) mass is 533 g/mol. The number of hydrogen-bond acceptors (Lipinski definition) is 8. The lowest BCUT2D eigenvalue weighted by atomic mass is 10.0. The summed E-state index contributed by atoms with van der Waals surface area (Å²) in [5.74, 6) is -0.919. The maximum absolute atomic E-state index is 14.7. The van der Waals surface area contributed by atoms with E-state index in [0.29, 0.717) is 47.8 Å². The highest BCUT2D eigenvalue weighted by Gasteiger charge is 2.25. The van der Waals surface area contributed by atoms with Crippen LogP contribution >= 0.6 is 0 Å². The van der Waals surface area contributed by atoms with Crippen LogP contribution in [-0.4, -0.2) is 69.8 Å². The average Bonchev–Trinajstić information content (AvgIpc) is 3.28. The van der Waals surface area contributed by atoms with Gasteiger partial charge in [0.15, 0.2) is 11.5 Å². The van der Waals surface area contributed by atoms with Crippen LogP contribution in [0.25, 0.3) is 16.6 Å². The average molecular weight is 534 g/mol. The van der Waals surface area contributed by atoms with E-state index in [1.807, 2.05) is 6.07 Å². The number of hydrogen-bond donors (Lipinski definition) is 2. The van der Waals surface area contributed by atoms with Crippen molar-refractivity contribution in [1.82, 2.24) is 24.7 Å². The Labute approximate surface area is 225 Å². The number of fused-ring (bicyclic) bond motifs is 2. The van der Waals surface area contributed by atoms with E-state index in [2.05, 4.69) is 39.3 Å². The summed E-state index contributed by atoms with van der Waals surface area (Å²) in [4.78, 5) is 29.3. The van der Waals surface area contributed by atoms with E-state index in [0.717, 1.165) is 37.0 Å². The topological polar surface area (TPSA) is 106 Å². The van der Waals surface area contributed by atoms with Gasteiger partial charge in [-0.2, -0.15) is 4.98 Å². The number of ether oxygens (including phenoxy) is 2. The van der Waals surface area contributed by atoms with Crippen LogP contribution in [0.5, 0.6) is 6.01 Å². The Bertz CT molecular complexity index is 1520. The smallest absolute Gasteiger partial charge is 0.317 e. The van der Waals surface area contributed by atoms with E-state index in [-0.39, 0.29) is 17.8 Å². The molecule has 0 spiro atoms. The fraction of sp³-hybridized carbons (Fsp3) is 0.429. The largest absolute Gasteiger partial charge is 0.460 e. The highest BCUT2D eigenvalue weighted by atomic mass is 19.1. The fourth-order valence-electron chi connectivity index (χ4n) is 5.52. The molecular weight excluding hydrogens is 501 g/mol. The van der Waals surface area contributed by atoms with E-state index in [4.69, 9.17) is 14.5 Å². The summed E-state index contributed by atoms with van der Waals surface area (Å²) >= 11 is 0. The van der Waals surface area contributed by atoms with Gasteiger partial charge in [-0.1, -0.05) is 0 Å². The predicted octanol–water partition coefficient (Wildman–Crippen LogP) is 3.72. The molecule has 39 heavy (non-hydrogen) atoms. The van der Waals surface area contributed by atoms with Crippen molar-refractivity contribution in [2.45, 2.75) is 51.8 Å². The first-order chi connectivity index (χ1) is 18.8. The van der Waals surface area contributed by atoms with Crippen LogP contribution in [0.15, 0.2) is 36.8 Å². The lowest BCUT2D eigenvalue weighted by Crippen LogP contribution is -2.54. The standard InChI is InChI=1S/C28H32FN7O3/c1-16-12-35(13-17(2)31-16)24-5-4-21(25-22(24)11-30-28(34-25)39-20-6-8-38-9-7-20)27(37)33-19-10-23(29)26-32-18(3)14-36(26)15-19/h4-5,10-11,14-17,20,31H,6-9,12-13H2,1-3H3,(H,33,37). The van der Waals surface area contributed by atoms with Crippen molar-refractivity contribution in [2.24, 2.45) is 0 Å². The summed E-state index contributed by atoms with van der Waals surface area (Å²) in [5, 5.41) is 7.15. The van der Waals surface area contributed by atoms with Gasteiger partial charge in [0.25, 0.3) is 5.91 Å². The van der Waals surface area contributed by atoms with Gasteiger partial charge < -0.3 is 29.4 Å². The van der Waals surface area contributed by atoms with E-state index in [9.17, 15) is 9.18 Å². The predicted molar refractivity (Wildman–Crippen MR) is 146 cm³/mol. The van der Waals surface area contributed by atoms with E-state index >= 15 is 0 Å². The third-order valence-electron chi connectivity index (χ3n) is 7.17. The van der Waals surface area contributed by atoms with Crippen LogP contribution in [0, 0.1) is 12.7 Å². The number of carbonyl (C=O) groups is 1. The molecule has 6 rings (SSSR count). The molecular formula is C28H32FN7O3. The van der Waals surface area contributed by atoms with Gasteiger partial charge in [0.1, 0.15) is 6.10 Å². The number of nitrogens with zero attached hydrogens (tertiary/aromatic N) is 5. The van der Waals surface area contributed by atoms with E-state index < -0.39 is 11.7 Å². The molecule has 2 N–H and O–H groups in total. The summed E-state index contributed by atoms with van der Waals surface area (Å²) in [7, 11) is 0. The number of halogens is 1. The second-order valence-corrected chi connectivity index (χ2v) is 10.5. The van der Waals surface area contributed by atoms with Gasteiger partial charge in [-0.05, 0) is 32.9 Å². The number of pyridine rings is 1. The number of amides is 1. The Balaban J connectivity index is 1.38. The number of nitrogens with one attached hydrogen (secondary N) is 2. The number of aromatic nitrogens is 4. The number of piperazine rings is 1. The molecule has 5 heterocycles. The van der Waals surface area contributed by atoms with Crippen molar-refractivity contribution in [3.05, 3.63) is 53.9 Å². The van der Waals surface area contributed by atoms with Gasteiger partial charge in [0.2, 0.25) is 0 Å². The minimum Gasteiger partial charge on any atom is -0.460 e. The SMILES string of the molecule is Cc1cn2cc(NC(=O)c3ccc(N4CC(C)NC(C)C4)c4cnc(OC5CCOCC5)nc34)cc(F)c2n1. The summed E-state index contributed by atoms with van der Waals surface area (Å²) < 4.78 is 27.8. The van der Waals surface area contributed by atoms with Gasteiger partial charge >= 0.3 is 6.01 Å². The quantitative estimate of drug-likeness (QED) is 0.400. The molecule has 2 aliphatic rings. The third kappa shape index (κ3) is 5.24. The summed E-state index contributed by atoms with van der Waals surface area (Å²) in [6.07, 6.45) is 6.56. The van der Waals surface area contributed by atoms with Crippen molar-refractivity contribution < 1.29 is 18.7 Å². The highest BCUT2D eigenvalue weighted by molar-refractivity contribution is 6.13. The normalized spacial score (nSPS) is 20.5. The molecule has 2 saturated heterocycles. The molecule has 1 amide bonds. The van der Waals surface area contributed by atoms with Crippen molar-refractivity contribution >= 4 is 33.8 Å². The number of imidazole rings is 1. The Hall–Kier alpha value is -3.83. The molecule has 4 aromatic rings. The van der Waals surface area contributed by atoms with Crippen LogP contribution < -0.4 is 20.3 Å².